The summed E-state index contributed by atoms with van der Waals surface area (Å²) in [7, 11) is 1.96. The summed E-state index contributed by atoms with van der Waals surface area (Å²) in [5.41, 5.74) is 2.52. The van der Waals surface area contributed by atoms with E-state index in [1.165, 1.54) is 18.4 Å². The Morgan fingerprint density at radius 2 is 1.76 bits per heavy atom. The highest BCUT2D eigenvalue weighted by molar-refractivity contribution is 5.92. The maximum absolute atomic E-state index is 12.9. The Kier molecular flexibility index (Phi) is 5.64. The number of likely N-dealkylation sites (tertiary alicyclic amines) is 1. The van der Waals surface area contributed by atoms with Gasteiger partial charge in [0.05, 0.1) is 0 Å². The molecule has 1 aliphatic rings. The molecule has 1 fully saturated rings. The molecule has 1 aromatic heterocycles. The SMILES string of the molecule is Cc1cc(C(=O)N2CCCCCC2)nc(N(C)Cc2ccccc2)n1. The third-order valence-electron chi connectivity index (χ3n) is 4.56. The highest BCUT2D eigenvalue weighted by atomic mass is 16.2. The van der Waals surface area contributed by atoms with Gasteiger partial charge in [0.1, 0.15) is 5.69 Å². The third kappa shape index (κ3) is 4.56. The second-order valence-electron chi connectivity index (χ2n) is 6.74. The van der Waals surface area contributed by atoms with Crippen molar-refractivity contribution in [2.45, 2.75) is 39.2 Å². The van der Waals surface area contributed by atoms with Crippen molar-refractivity contribution in [2.24, 2.45) is 0 Å². The van der Waals surface area contributed by atoms with E-state index >= 15 is 0 Å². The lowest BCUT2D eigenvalue weighted by molar-refractivity contribution is 0.0755. The van der Waals surface area contributed by atoms with Crippen molar-refractivity contribution in [3.8, 4) is 0 Å². The number of benzene rings is 1. The van der Waals surface area contributed by atoms with E-state index in [-0.39, 0.29) is 5.91 Å². The fourth-order valence-corrected chi connectivity index (χ4v) is 3.20. The Hall–Kier alpha value is -2.43. The zero-order chi connectivity index (χ0) is 17.6. The lowest BCUT2D eigenvalue weighted by Gasteiger charge is -2.22. The first kappa shape index (κ1) is 17.4. The van der Waals surface area contributed by atoms with Crippen molar-refractivity contribution in [3.63, 3.8) is 0 Å². The molecule has 0 radical (unpaired) electrons. The Morgan fingerprint density at radius 3 is 2.44 bits per heavy atom. The molecule has 0 spiro atoms. The molecule has 0 unspecified atom stereocenters. The van der Waals surface area contributed by atoms with E-state index in [1.54, 1.807) is 6.07 Å². The topological polar surface area (TPSA) is 49.3 Å². The first-order chi connectivity index (χ1) is 12.1. The second kappa shape index (κ2) is 8.10. The monoisotopic (exact) mass is 338 g/mol. The van der Waals surface area contributed by atoms with Crippen LogP contribution in [0, 0.1) is 6.92 Å². The minimum absolute atomic E-state index is 0.0294. The molecule has 0 bridgehead atoms. The van der Waals surface area contributed by atoms with Gasteiger partial charge in [-0.25, -0.2) is 9.97 Å². The number of amides is 1. The maximum Gasteiger partial charge on any atom is 0.272 e. The van der Waals surface area contributed by atoms with Gasteiger partial charge >= 0.3 is 0 Å². The van der Waals surface area contributed by atoms with E-state index in [1.807, 2.05) is 42.0 Å². The molecule has 1 aliphatic heterocycles. The van der Waals surface area contributed by atoms with Gasteiger partial charge in [-0.05, 0) is 31.4 Å². The van der Waals surface area contributed by atoms with Crippen molar-refractivity contribution < 1.29 is 4.79 Å². The van der Waals surface area contributed by atoms with Crippen LogP contribution in [0.1, 0.15) is 47.4 Å². The molecule has 0 aliphatic carbocycles. The van der Waals surface area contributed by atoms with E-state index in [2.05, 4.69) is 22.1 Å². The predicted molar refractivity (Wildman–Crippen MR) is 99.7 cm³/mol. The molecule has 0 saturated carbocycles. The summed E-state index contributed by atoms with van der Waals surface area (Å²) in [5, 5.41) is 0. The average molecular weight is 338 g/mol. The van der Waals surface area contributed by atoms with Crippen molar-refractivity contribution >= 4 is 11.9 Å². The molecule has 5 heteroatoms. The fraction of sp³-hybridized carbons (Fsp3) is 0.450. The summed E-state index contributed by atoms with van der Waals surface area (Å²) in [5.74, 6) is 0.629. The van der Waals surface area contributed by atoms with E-state index in [0.29, 0.717) is 18.2 Å². The highest BCUT2D eigenvalue weighted by Gasteiger charge is 2.20. The summed E-state index contributed by atoms with van der Waals surface area (Å²) in [6, 6.07) is 12.0. The molecule has 25 heavy (non-hydrogen) atoms. The minimum atomic E-state index is 0.0294. The van der Waals surface area contributed by atoms with Crippen LogP contribution < -0.4 is 4.90 Å². The van der Waals surface area contributed by atoms with Crippen LogP contribution in [0.2, 0.25) is 0 Å². The van der Waals surface area contributed by atoms with Gasteiger partial charge in [0, 0.05) is 32.4 Å². The lowest BCUT2D eigenvalue weighted by Crippen LogP contribution is -2.33. The Balaban J connectivity index is 1.78. The standard InChI is InChI=1S/C20H26N4O/c1-16-14-18(19(25)24-12-8-3-4-9-13-24)22-20(21-16)23(2)15-17-10-6-5-7-11-17/h5-7,10-11,14H,3-4,8-9,12-13,15H2,1-2H3. The van der Waals surface area contributed by atoms with Gasteiger partial charge in [-0.15, -0.1) is 0 Å². The van der Waals surface area contributed by atoms with Crippen LogP contribution in [0.5, 0.6) is 0 Å². The Morgan fingerprint density at radius 1 is 1.08 bits per heavy atom. The normalized spacial score (nSPS) is 14.9. The van der Waals surface area contributed by atoms with E-state index in [4.69, 9.17) is 0 Å². The molecule has 5 nitrogen and oxygen atoms in total. The van der Waals surface area contributed by atoms with Crippen LogP contribution in [0.3, 0.4) is 0 Å². The van der Waals surface area contributed by atoms with E-state index < -0.39 is 0 Å². The molecule has 1 saturated heterocycles. The average Bonchev–Trinajstić information content (AvgIpc) is 2.91. The summed E-state index contributed by atoms with van der Waals surface area (Å²) < 4.78 is 0. The van der Waals surface area contributed by atoms with Gasteiger partial charge in [-0.2, -0.15) is 0 Å². The molecular formula is C20H26N4O. The van der Waals surface area contributed by atoms with Crippen LogP contribution in [0.25, 0.3) is 0 Å². The quantitative estimate of drug-likeness (QED) is 0.857. The van der Waals surface area contributed by atoms with Crippen molar-refractivity contribution in [1.82, 2.24) is 14.9 Å². The molecule has 0 atom stereocenters. The first-order valence-electron chi connectivity index (χ1n) is 9.03. The number of nitrogens with zero attached hydrogens (tertiary/aromatic N) is 4. The van der Waals surface area contributed by atoms with E-state index in [9.17, 15) is 4.79 Å². The zero-order valence-electron chi connectivity index (χ0n) is 15.1. The zero-order valence-corrected chi connectivity index (χ0v) is 15.1. The van der Waals surface area contributed by atoms with Gasteiger partial charge in [0.2, 0.25) is 5.95 Å². The highest BCUT2D eigenvalue weighted by Crippen LogP contribution is 2.16. The summed E-state index contributed by atoms with van der Waals surface area (Å²) in [6.07, 6.45) is 4.57. The third-order valence-corrected chi connectivity index (χ3v) is 4.56. The smallest absolute Gasteiger partial charge is 0.272 e. The molecule has 3 rings (SSSR count). The predicted octanol–water partition coefficient (Wildman–Crippen LogP) is 3.44. The van der Waals surface area contributed by atoms with Gasteiger partial charge in [0.15, 0.2) is 0 Å². The van der Waals surface area contributed by atoms with Crippen molar-refractivity contribution in [3.05, 3.63) is 53.3 Å². The van der Waals surface area contributed by atoms with Crippen LogP contribution in [0.15, 0.2) is 36.4 Å². The number of rotatable bonds is 4. The molecule has 1 aromatic carbocycles. The summed E-state index contributed by atoms with van der Waals surface area (Å²) in [4.78, 5) is 25.9. The number of anilines is 1. The van der Waals surface area contributed by atoms with Gasteiger partial charge < -0.3 is 9.80 Å². The number of aromatic nitrogens is 2. The summed E-state index contributed by atoms with van der Waals surface area (Å²) >= 11 is 0. The largest absolute Gasteiger partial charge is 0.340 e. The number of hydrogen-bond acceptors (Lipinski definition) is 4. The van der Waals surface area contributed by atoms with Crippen molar-refractivity contribution in [2.75, 3.05) is 25.0 Å². The number of carbonyl (C=O) groups is 1. The van der Waals surface area contributed by atoms with E-state index in [0.717, 1.165) is 31.6 Å². The molecule has 132 valence electrons. The Labute approximate surface area is 149 Å². The van der Waals surface area contributed by atoms with Crippen LogP contribution in [-0.4, -0.2) is 40.9 Å². The number of carbonyl (C=O) groups excluding carboxylic acids is 1. The van der Waals surface area contributed by atoms with Gasteiger partial charge in [-0.3, -0.25) is 4.79 Å². The minimum Gasteiger partial charge on any atom is -0.340 e. The van der Waals surface area contributed by atoms with Gasteiger partial charge in [0.25, 0.3) is 5.91 Å². The van der Waals surface area contributed by atoms with Crippen LogP contribution in [0.4, 0.5) is 5.95 Å². The van der Waals surface area contributed by atoms with Crippen LogP contribution >= 0.6 is 0 Å². The van der Waals surface area contributed by atoms with Crippen LogP contribution in [-0.2, 0) is 6.54 Å². The maximum atomic E-state index is 12.9. The fourth-order valence-electron chi connectivity index (χ4n) is 3.20. The lowest BCUT2D eigenvalue weighted by atomic mass is 10.2. The first-order valence-corrected chi connectivity index (χ1v) is 9.03. The molecule has 0 N–H and O–H groups in total. The molecular weight excluding hydrogens is 312 g/mol. The summed E-state index contributed by atoms with van der Waals surface area (Å²) in [6.45, 7) is 4.29. The number of aryl methyl sites for hydroxylation is 1. The van der Waals surface area contributed by atoms with Crippen molar-refractivity contribution in [1.29, 1.82) is 0 Å². The number of hydrogen-bond donors (Lipinski definition) is 0. The molecule has 2 aromatic rings. The van der Waals surface area contributed by atoms with Gasteiger partial charge in [-0.1, -0.05) is 43.2 Å². The second-order valence-corrected chi connectivity index (χ2v) is 6.74. The molecule has 1 amide bonds. The Bertz CT molecular complexity index is 709. The molecule has 2 heterocycles.